The van der Waals surface area contributed by atoms with Crippen LogP contribution >= 0.6 is 47.1 Å². The molecule has 0 unspecified atom stereocenters. The summed E-state index contributed by atoms with van der Waals surface area (Å²) in [4.78, 5) is 132. The lowest BCUT2D eigenvalue weighted by atomic mass is 9.85. The van der Waals surface area contributed by atoms with Crippen LogP contribution in [-0.2, 0) is 71.5 Å². The second-order valence-corrected chi connectivity index (χ2v) is 41.3. The van der Waals surface area contributed by atoms with Gasteiger partial charge in [-0.25, -0.2) is 14.4 Å². The van der Waals surface area contributed by atoms with E-state index in [1.165, 1.54) is 69.4 Å². The predicted octanol–water partition coefficient (Wildman–Crippen LogP) is 17.1. The van der Waals surface area contributed by atoms with Crippen molar-refractivity contribution in [2.45, 2.75) is 182 Å². The molecule has 6 heterocycles. The van der Waals surface area contributed by atoms with Crippen LogP contribution in [-0.4, -0.2) is 196 Å². The summed E-state index contributed by atoms with van der Waals surface area (Å²) in [6, 6.07) is 42.2. The number of anilines is 4. The second kappa shape index (κ2) is 44.7. The van der Waals surface area contributed by atoms with Gasteiger partial charge in [-0.3, -0.25) is 48.2 Å². The number of alkyl halides is 6. The maximum Gasteiger partial charge on any atom is 0.417 e. The SMILES string of the molecule is Cc1ncsc1-c1ccc(CNC(=O)[C@@H]2C[C@@H](Oc3cc(N4C(=O)C(C)(C)N(c5ccc(-c6ccc(OCCOCCOCC(=O)N[C@H](C(=O)N7C[C@H](O)C[C@H]7C(=O)N[C@@H](C)c7ccc(-c8scnc8C)cc7)C(C)(C)C)cc6)c(F)c5)C4=S)cc(C(F)(F)F)c3C#N)CN2C(=O)[C@@H](NC(=O)COCCCOc2ccc(-c3ccc(N4C(=S)N(c5ccc(C#N)c(C(F)(F)F)c5)C(=O)C4(C)C)cc3)cc2)C(C)(C)C)cc1. The molecule has 0 saturated carbocycles. The Kier molecular flexibility index (Phi) is 33.1. The molecule has 7 atom stereocenters. The molecule has 0 radical (unpaired) electrons. The van der Waals surface area contributed by atoms with Gasteiger partial charge in [-0.15, -0.1) is 22.7 Å². The molecule has 0 bridgehead atoms. The van der Waals surface area contributed by atoms with Crippen LogP contribution < -0.4 is 55.1 Å². The van der Waals surface area contributed by atoms with Gasteiger partial charge in [0, 0.05) is 55.4 Å². The molecule has 14 rings (SSSR count). The molecule has 4 saturated heterocycles. The average molecular weight is 2080 g/mol. The first-order valence-electron chi connectivity index (χ1n) is 46.9. The summed E-state index contributed by atoms with van der Waals surface area (Å²) >= 11 is 14.7. The highest BCUT2D eigenvalue weighted by molar-refractivity contribution is 7.81. The summed E-state index contributed by atoms with van der Waals surface area (Å²) in [5, 5.41) is 41.8. The Morgan fingerprint density at radius 1 is 0.534 bits per heavy atom. The first-order valence-corrected chi connectivity index (χ1v) is 49.5. The molecule has 29 nitrogen and oxygen atoms in total. The van der Waals surface area contributed by atoms with Crippen LogP contribution in [0, 0.1) is 53.2 Å². The maximum atomic E-state index is 16.7. The fraction of sp³-hybridized carbons (Fsp3) is 0.377. The topological polar surface area (TPSA) is 353 Å². The number of nitrogens with zero attached hydrogens (tertiary/aromatic N) is 10. The van der Waals surface area contributed by atoms with E-state index >= 15 is 22.4 Å². The smallest absolute Gasteiger partial charge is 0.417 e. The van der Waals surface area contributed by atoms with E-state index in [-0.39, 0.29) is 92.7 Å². The number of aliphatic hydroxyl groups is 1. The van der Waals surface area contributed by atoms with Crippen LogP contribution in [0.25, 0.3) is 43.1 Å². The van der Waals surface area contributed by atoms with Crippen LogP contribution in [0.15, 0.2) is 181 Å². The lowest BCUT2D eigenvalue weighted by Crippen LogP contribution is -2.58. The van der Waals surface area contributed by atoms with Gasteiger partial charge in [0.25, 0.3) is 11.8 Å². The number of carbonyl (C=O) groups excluding carboxylic acids is 8. The van der Waals surface area contributed by atoms with Gasteiger partial charge in [-0.1, -0.05) is 126 Å². The molecule has 2 aromatic heterocycles. The number of ether oxygens (including phenoxy) is 6. The van der Waals surface area contributed by atoms with Crippen LogP contribution in [0.2, 0.25) is 0 Å². The number of nitriles is 2. The molecular formula is C106H109F7N14O15S4. The minimum atomic E-state index is -5.27. The number of β-amino-alcohol motifs (C(OH)–C–C–N with tert-alkyl or cyclic N) is 1. The first-order chi connectivity index (χ1) is 69.0. The normalized spacial score (nSPS) is 17.5. The van der Waals surface area contributed by atoms with E-state index in [4.69, 9.17) is 52.9 Å². The number of rotatable bonds is 36. The highest BCUT2D eigenvalue weighted by Crippen LogP contribution is 2.47. The average Bonchev–Trinajstić information content (AvgIpc) is 1.58. The number of aliphatic hydroxyl groups excluding tert-OH is 1. The highest BCUT2D eigenvalue weighted by atomic mass is 32.1. The summed E-state index contributed by atoms with van der Waals surface area (Å²) in [5.41, 5.74) is 1.41. The van der Waals surface area contributed by atoms with Gasteiger partial charge in [-0.05, 0) is 202 Å². The number of amides is 8. The number of hydrogen-bond acceptors (Lipinski definition) is 23. The zero-order valence-corrected chi connectivity index (χ0v) is 85.4. The number of benzene rings is 8. The number of hydrogen-bond donors (Lipinski definition) is 5. The van der Waals surface area contributed by atoms with Crippen molar-refractivity contribution < 1.29 is 103 Å². The van der Waals surface area contributed by atoms with Crippen molar-refractivity contribution in [3.8, 4) is 72.5 Å². The zero-order chi connectivity index (χ0) is 106. The summed E-state index contributed by atoms with van der Waals surface area (Å²) in [6.07, 6.45) is -12.5. The Hall–Kier alpha value is -13.7. The predicted molar refractivity (Wildman–Crippen MR) is 544 cm³/mol. The Balaban J connectivity index is 0.572. The first kappa shape index (κ1) is 108. The number of halogens is 7. The van der Waals surface area contributed by atoms with E-state index < -0.39 is 183 Å². The molecular weight excluding hydrogens is 1970 g/mol. The molecule has 146 heavy (non-hydrogen) atoms. The number of likely N-dealkylation sites (tertiary alicyclic amines) is 2. The molecule has 4 aliphatic heterocycles. The van der Waals surface area contributed by atoms with Gasteiger partial charge in [-0.2, -0.15) is 36.9 Å². The highest BCUT2D eigenvalue weighted by Gasteiger charge is 2.55. The van der Waals surface area contributed by atoms with Crippen LogP contribution in [0.3, 0.4) is 0 Å². The number of aromatic nitrogens is 2. The van der Waals surface area contributed by atoms with Crippen molar-refractivity contribution in [1.29, 1.82) is 10.5 Å². The van der Waals surface area contributed by atoms with Crippen molar-refractivity contribution in [2.75, 3.05) is 85.5 Å². The number of thiocarbonyl (C=S) groups is 2. The molecule has 8 aromatic carbocycles. The number of thiazole rings is 2. The molecule has 766 valence electrons. The molecule has 40 heteroatoms. The molecule has 4 aliphatic rings. The minimum absolute atomic E-state index is 0.00167. The van der Waals surface area contributed by atoms with Crippen LogP contribution in [0.1, 0.15) is 146 Å². The molecule has 10 aromatic rings. The lowest BCUT2D eigenvalue weighted by molar-refractivity contribution is -0.144. The van der Waals surface area contributed by atoms with Gasteiger partial charge in [0.05, 0.1) is 118 Å². The Bertz CT molecular complexity index is 6660. The molecule has 0 aliphatic carbocycles. The van der Waals surface area contributed by atoms with Crippen molar-refractivity contribution in [2.24, 2.45) is 10.8 Å². The van der Waals surface area contributed by atoms with Crippen molar-refractivity contribution in [3.05, 3.63) is 231 Å². The van der Waals surface area contributed by atoms with Crippen LogP contribution in [0.5, 0.6) is 17.2 Å². The quantitative estimate of drug-likeness (QED) is 0.0138. The largest absolute Gasteiger partial charge is 0.494 e. The summed E-state index contributed by atoms with van der Waals surface area (Å²) in [7, 11) is 0. The van der Waals surface area contributed by atoms with E-state index in [9.17, 15) is 62.4 Å². The number of nitrogens with one attached hydrogen (secondary N) is 4. The summed E-state index contributed by atoms with van der Waals surface area (Å²) in [5.74, 6) is -5.72. The van der Waals surface area contributed by atoms with Gasteiger partial charge in [0.15, 0.2) is 10.2 Å². The Labute approximate surface area is 858 Å². The molecule has 4 fully saturated rings. The van der Waals surface area contributed by atoms with Crippen molar-refractivity contribution in [3.63, 3.8) is 0 Å². The second-order valence-electron chi connectivity index (χ2n) is 38.9. The Morgan fingerprint density at radius 2 is 1.01 bits per heavy atom. The summed E-state index contributed by atoms with van der Waals surface area (Å²) in [6.45, 7) is 20.9. The standard InChI is InChI=1S/C106H109F7N14O15S4/c1-60(64-19-21-69(22-20-64)90-62(3)118-59-146-90)119-94(132)84-49-75(128)54-122(84)95(133)91(101(4,5)6)121-88(130)57-139-42-41-137-43-44-141-77-36-28-67(29-37-77)79-38-33-73(47-83(79)107)127-100(144)125(98(136)104(127,12)13)74-46-82(106(111,112)113)80(52-115)86(48-74)142-78-50-85(93(131)116-53-63-15-17-68(18-16-63)89-61(2)117-58-145-89)123(55-78)96(134)92(102(7,8)9)120-87(129)56-138-39-14-40-140-76-34-26-66(27-35-76)65-23-30-71(31-24-65)126-99(143)124(97(135)103(126,10)11)72-32-25-70(51-114)81(45-72)105(108,109)110/h15-38,45-48,58-60,75,78,84-85,91-92,128H,14,39-44,49-50,53-57H2,1-13H3,(H,116,131)(H,119,132)(H,120,129)(H,121,130)/t60-,75+,78+,84-,85-,91+,92+/m0/s1. The minimum Gasteiger partial charge on any atom is -0.494 e. The Morgan fingerprint density at radius 3 is 1.53 bits per heavy atom. The van der Waals surface area contributed by atoms with Crippen molar-refractivity contribution >= 4 is 127 Å². The molecule has 5 N–H and O–H groups in total. The van der Waals surface area contributed by atoms with Gasteiger partial charge in [0.2, 0.25) is 35.4 Å². The third kappa shape index (κ3) is 24.3. The third-order valence-electron chi connectivity index (χ3n) is 25.6. The van der Waals surface area contributed by atoms with E-state index in [0.29, 0.717) is 40.8 Å². The van der Waals surface area contributed by atoms with Gasteiger partial charge in [0.1, 0.15) is 95.9 Å². The third-order valence-corrected chi connectivity index (χ3v) is 28.2. The van der Waals surface area contributed by atoms with E-state index in [0.717, 1.165) is 83.0 Å². The van der Waals surface area contributed by atoms with Gasteiger partial charge < -0.3 is 74.4 Å². The van der Waals surface area contributed by atoms with Crippen LogP contribution in [0.4, 0.5) is 53.5 Å². The summed E-state index contributed by atoms with van der Waals surface area (Å²) < 4.78 is 141. The van der Waals surface area contributed by atoms with Gasteiger partial charge >= 0.3 is 12.4 Å². The zero-order valence-electron chi connectivity index (χ0n) is 82.2. The molecule has 0 spiro atoms. The van der Waals surface area contributed by atoms with Crippen molar-refractivity contribution in [1.82, 2.24) is 41.0 Å². The monoisotopic (exact) mass is 2080 g/mol. The van der Waals surface area contributed by atoms with E-state index in [1.54, 1.807) is 156 Å². The lowest BCUT2D eigenvalue weighted by Gasteiger charge is -2.35. The maximum absolute atomic E-state index is 16.7. The number of carbonyl (C=O) groups is 8. The number of aryl methyl sites for hydroxylation is 2. The fourth-order valence-electron chi connectivity index (χ4n) is 17.8. The van der Waals surface area contributed by atoms with E-state index in [2.05, 4.69) is 31.2 Å². The fourth-order valence-corrected chi connectivity index (χ4v) is 20.5. The molecule has 8 amide bonds. The van der Waals surface area contributed by atoms with E-state index in [1.807, 2.05) is 69.3 Å².